The van der Waals surface area contributed by atoms with Gasteiger partial charge in [-0.05, 0) is 75.3 Å². The summed E-state index contributed by atoms with van der Waals surface area (Å²) in [6.45, 7) is 0. The number of aromatic nitrogens is 4. The van der Waals surface area contributed by atoms with Crippen LogP contribution >= 0.6 is 0 Å². The molecule has 2 aliphatic carbocycles. The van der Waals surface area contributed by atoms with E-state index in [0.29, 0.717) is 36.8 Å². The van der Waals surface area contributed by atoms with Crippen molar-refractivity contribution in [1.82, 2.24) is 19.1 Å². The van der Waals surface area contributed by atoms with E-state index in [1.54, 1.807) is 37.2 Å². The van der Waals surface area contributed by atoms with Gasteiger partial charge in [0, 0.05) is 43.5 Å². The van der Waals surface area contributed by atoms with Crippen molar-refractivity contribution in [2.45, 2.75) is 94.6 Å². The summed E-state index contributed by atoms with van der Waals surface area (Å²) >= 11 is 0. The van der Waals surface area contributed by atoms with Crippen molar-refractivity contribution in [3.8, 4) is 22.5 Å². The number of Topliss-reactive ketones (excluding diaryl/α,β-unsaturated/α-hetero) is 1. The molecule has 4 aliphatic rings. The fraction of sp³-hybridized carbons (Fsp3) is 0.472. The van der Waals surface area contributed by atoms with E-state index in [0.717, 1.165) is 61.0 Å². The van der Waals surface area contributed by atoms with Gasteiger partial charge in [0.05, 0.1) is 66.8 Å². The van der Waals surface area contributed by atoms with Gasteiger partial charge in [-0.2, -0.15) is 0 Å². The van der Waals surface area contributed by atoms with Crippen LogP contribution in [0.2, 0.25) is 0 Å². The number of halogens is 2. The fourth-order valence-corrected chi connectivity index (χ4v) is 8.14. The van der Waals surface area contributed by atoms with Gasteiger partial charge in [-0.1, -0.05) is 24.3 Å². The van der Waals surface area contributed by atoms with Crippen molar-refractivity contribution in [2.75, 3.05) is 0 Å². The first-order valence-corrected chi connectivity index (χ1v) is 16.5. The van der Waals surface area contributed by atoms with Crippen LogP contribution in [0.1, 0.15) is 88.8 Å². The van der Waals surface area contributed by atoms with Gasteiger partial charge < -0.3 is 25.9 Å². The van der Waals surface area contributed by atoms with Gasteiger partial charge in [0.25, 0.3) is 0 Å². The first-order chi connectivity index (χ1) is 22.3. The van der Waals surface area contributed by atoms with Crippen molar-refractivity contribution >= 4 is 14.2 Å². The Labute approximate surface area is 305 Å². The number of fused-ring (bicyclic) bond motifs is 6. The Morgan fingerprint density at radius 3 is 1.65 bits per heavy atom. The summed E-state index contributed by atoms with van der Waals surface area (Å²) in [6, 6.07) is 9.75. The molecule has 2 aromatic heterocycles. The molecule has 2 aliphatic heterocycles. The number of carbonyl (C=O) groups is 1. The molecule has 247 valence electrons. The van der Waals surface area contributed by atoms with Gasteiger partial charge in [0.1, 0.15) is 17.4 Å². The van der Waals surface area contributed by atoms with Crippen LogP contribution in [-0.2, 0) is 4.79 Å². The summed E-state index contributed by atoms with van der Waals surface area (Å²) in [5.41, 5.74) is 4.86. The largest absolute Gasteiger partial charge is 1.00 e. The number of imidazole rings is 2. The van der Waals surface area contributed by atoms with Gasteiger partial charge >= 0.3 is 29.6 Å². The molecule has 4 heterocycles. The number of hydrogen-bond acceptors (Lipinski definition) is 6. The van der Waals surface area contributed by atoms with Crippen LogP contribution in [0.5, 0.6) is 0 Å². The van der Waals surface area contributed by atoms with Gasteiger partial charge in [-0.3, -0.25) is 4.79 Å². The Morgan fingerprint density at radius 2 is 1.19 bits per heavy atom. The maximum atomic E-state index is 14.4. The quantitative estimate of drug-likeness (QED) is 0.273. The van der Waals surface area contributed by atoms with E-state index in [2.05, 4.69) is 9.97 Å². The molecular weight excluding hydrogens is 624 g/mol. The summed E-state index contributed by atoms with van der Waals surface area (Å²) in [4.78, 5) is 19.7. The number of aliphatic hydroxyl groups is 3. The third kappa shape index (κ3) is 7.00. The first-order valence-electron chi connectivity index (χ1n) is 16.5. The average molecular weight is 666 g/mol. The SMILES string of the molecule is O=C1CCC(C(O)CC2c3c(F)cccc3-c3cncn32)CC1.OC1CCC(C(O)CC2c3c(F)cccc3-c3cncn32)CC1.[B].[H-].[Na+]. The molecule has 2 saturated carbocycles. The van der Waals surface area contributed by atoms with Crippen LogP contribution in [0.3, 0.4) is 0 Å². The van der Waals surface area contributed by atoms with E-state index in [9.17, 15) is 28.9 Å². The number of hydrogen-bond donors (Lipinski definition) is 3. The molecule has 0 amide bonds. The van der Waals surface area contributed by atoms with Crippen LogP contribution in [0.25, 0.3) is 22.5 Å². The van der Waals surface area contributed by atoms with Crippen LogP contribution in [0.15, 0.2) is 61.4 Å². The average Bonchev–Trinajstić information content (AvgIpc) is 3.83. The zero-order valence-electron chi connectivity index (χ0n) is 28.3. The second-order valence-electron chi connectivity index (χ2n) is 13.4. The van der Waals surface area contributed by atoms with Crippen molar-refractivity contribution in [1.29, 1.82) is 0 Å². The topological polar surface area (TPSA) is 113 Å². The van der Waals surface area contributed by atoms with Gasteiger partial charge in [-0.15, -0.1) is 0 Å². The van der Waals surface area contributed by atoms with Crippen LogP contribution < -0.4 is 29.6 Å². The molecule has 0 bridgehead atoms. The van der Waals surface area contributed by atoms with Crippen molar-refractivity contribution in [3.63, 3.8) is 0 Å². The molecule has 8 nitrogen and oxygen atoms in total. The molecule has 4 unspecified atom stereocenters. The number of ketones is 1. The first kappa shape index (κ1) is 36.6. The number of carbonyl (C=O) groups excluding carboxylic acids is 1. The van der Waals surface area contributed by atoms with Crippen molar-refractivity contribution in [3.05, 3.63) is 84.2 Å². The Bertz CT molecular complexity index is 1720. The summed E-state index contributed by atoms with van der Waals surface area (Å²) in [5, 5.41) is 30.9. The van der Waals surface area contributed by atoms with E-state index < -0.39 is 12.2 Å². The molecule has 4 atom stereocenters. The summed E-state index contributed by atoms with van der Waals surface area (Å²) < 4.78 is 32.7. The molecule has 3 radical (unpaired) electrons. The number of nitrogens with zero attached hydrogens (tertiary/aromatic N) is 4. The van der Waals surface area contributed by atoms with Gasteiger partial charge in [-0.25, -0.2) is 18.7 Å². The summed E-state index contributed by atoms with van der Waals surface area (Å²) in [7, 11) is 0. The molecular formula is C36H41BF2N4NaO4. The zero-order valence-corrected chi connectivity index (χ0v) is 29.3. The monoisotopic (exact) mass is 665 g/mol. The standard InChI is InChI=1S/C18H21FN2O2.C18H19FN2O2.B.Na.H/c2*19-14-3-1-2-13-16-9-20-10-21(16)15(18(13)14)8-17(23)11-4-6-12(22)7-5-11;;;/h1-3,9-12,15,17,22-23H,4-8H2;1-3,9-11,15,17,23H,4-8H2;;;/q;;;+1;-1. The van der Waals surface area contributed by atoms with E-state index in [1.165, 1.54) is 12.1 Å². The van der Waals surface area contributed by atoms with Gasteiger partial charge in [0.2, 0.25) is 0 Å². The molecule has 0 saturated heterocycles. The predicted molar refractivity (Wildman–Crippen MR) is 175 cm³/mol. The van der Waals surface area contributed by atoms with Gasteiger partial charge in [0.15, 0.2) is 0 Å². The normalized spacial score (nSPS) is 23.7. The fourth-order valence-electron chi connectivity index (χ4n) is 8.14. The summed E-state index contributed by atoms with van der Waals surface area (Å²) in [5.74, 6) is 0.129. The molecule has 3 N–H and O–H groups in total. The van der Waals surface area contributed by atoms with Crippen LogP contribution in [0.4, 0.5) is 8.78 Å². The maximum Gasteiger partial charge on any atom is 1.00 e. The Balaban J connectivity index is 0.000000208. The zero-order chi connectivity index (χ0) is 31.9. The number of aliphatic hydroxyl groups excluding tert-OH is 3. The molecule has 0 spiro atoms. The maximum absolute atomic E-state index is 14.4. The van der Waals surface area contributed by atoms with Crippen LogP contribution in [-0.4, -0.2) is 66.9 Å². The molecule has 8 rings (SSSR count). The minimum absolute atomic E-state index is 0. The third-order valence-electron chi connectivity index (χ3n) is 10.7. The number of benzene rings is 2. The second kappa shape index (κ2) is 15.5. The molecule has 2 aromatic carbocycles. The number of rotatable bonds is 6. The molecule has 4 aromatic rings. The van der Waals surface area contributed by atoms with E-state index >= 15 is 0 Å². The Morgan fingerprint density at radius 1 is 0.750 bits per heavy atom. The van der Waals surface area contributed by atoms with Crippen molar-refractivity contribution < 1.29 is 59.9 Å². The Hall–Kier alpha value is -2.67. The predicted octanol–water partition coefficient (Wildman–Crippen LogP) is 2.73. The minimum Gasteiger partial charge on any atom is -1.00 e. The molecule has 12 heteroatoms. The van der Waals surface area contributed by atoms with E-state index in [-0.39, 0.29) is 86.8 Å². The Kier molecular flexibility index (Phi) is 11.8. The molecule has 2 fully saturated rings. The second-order valence-corrected chi connectivity index (χ2v) is 13.4. The van der Waals surface area contributed by atoms with Crippen molar-refractivity contribution in [2.24, 2.45) is 11.8 Å². The van der Waals surface area contributed by atoms with E-state index in [4.69, 9.17) is 0 Å². The van der Waals surface area contributed by atoms with Crippen LogP contribution in [0, 0.1) is 23.5 Å². The third-order valence-corrected chi connectivity index (χ3v) is 10.7. The summed E-state index contributed by atoms with van der Waals surface area (Å²) in [6.07, 6.45) is 12.3. The smallest absolute Gasteiger partial charge is 1.00 e. The minimum atomic E-state index is -0.533. The van der Waals surface area contributed by atoms with E-state index in [1.807, 2.05) is 21.3 Å². The molecule has 48 heavy (non-hydrogen) atoms.